The number of carbonyl (C=O) groups excluding carboxylic acids is 2. The first kappa shape index (κ1) is 63.7. The second kappa shape index (κ2) is 49.2. The van der Waals surface area contributed by atoms with Crippen LogP contribution in [0.2, 0.25) is 0 Å². The molecule has 0 spiro atoms. The maximum absolute atomic E-state index is 12.7. The van der Waals surface area contributed by atoms with Crippen LogP contribution in [0, 0.1) is 0 Å². The number of rotatable bonds is 49. The number of carbonyl (C=O) groups is 3. The van der Waals surface area contributed by atoms with E-state index in [1.54, 1.807) is 6.08 Å². The smallest absolute Gasteiger partial charge is 0.361 e. The zero-order valence-corrected chi connectivity index (χ0v) is 43.8. The van der Waals surface area contributed by atoms with Gasteiger partial charge in [0.1, 0.15) is 13.2 Å². The Kier molecular flexibility index (Phi) is 46.8. The van der Waals surface area contributed by atoms with Crippen molar-refractivity contribution >= 4 is 17.9 Å². The highest BCUT2D eigenvalue weighted by Crippen LogP contribution is 2.15. The van der Waals surface area contributed by atoms with E-state index in [0.29, 0.717) is 17.4 Å². The molecule has 0 saturated heterocycles. The van der Waals surface area contributed by atoms with Gasteiger partial charge in [0.25, 0.3) is 6.29 Å². The van der Waals surface area contributed by atoms with E-state index in [-0.39, 0.29) is 38.6 Å². The molecule has 0 rings (SSSR count). The van der Waals surface area contributed by atoms with E-state index < -0.39 is 24.3 Å². The van der Waals surface area contributed by atoms with Gasteiger partial charge in [-0.1, -0.05) is 215 Å². The number of carboxylic acid groups (broad SMARTS) is 1. The Morgan fingerprint density at radius 1 is 0.478 bits per heavy atom. The van der Waals surface area contributed by atoms with Crippen LogP contribution in [0.4, 0.5) is 0 Å². The molecule has 0 aromatic heterocycles. The Bertz CT molecular complexity index is 1330. The van der Waals surface area contributed by atoms with E-state index in [4.69, 9.17) is 18.9 Å². The highest BCUT2D eigenvalue weighted by Gasteiger charge is 2.25. The lowest BCUT2D eigenvalue weighted by Gasteiger charge is -2.25. The predicted molar refractivity (Wildman–Crippen MR) is 281 cm³/mol. The van der Waals surface area contributed by atoms with Crippen LogP contribution in [0.3, 0.4) is 0 Å². The number of nitrogens with zero attached hydrogens (tertiary/aromatic N) is 1. The summed E-state index contributed by atoms with van der Waals surface area (Å²) in [4.78, 5) is 37.2. The molecule has 0 aromatic carbocycles. The lowest BCUT2D eigenvalue weighted by atomic mass is 10.0. The third-order valence-electron chi connectivity index (χ3n) is 11.5. The summed E-state index contributed by atoms with van der Waals surface area (Å²) in [7, 11) is 5.93. The standard InChI is InChI=1S/C58H101NO8/c1-6-8-10-12-14-16-18-20-22-23-24-25-26-27-28-29-30-31-32-33-35-36-38-40-42-44-46-48-55(60)65-52-54(53-66-58(57(62)63)64-51-50-59(3,4)5)67-56(61)49-47-45-43-41-39-37-34-21-19-17-15-13-11-9-7-2/h9,11,15,17,21,23-24,34,39,41,45,47,54,58H,6-8,10,12-14,16,18-20,22,25-33,35-38,40,42-44,46,48-53H2,1-5H3/p+1/b11-9-,17-15-,24-23-,34-21-,41-39-,47-45-. The molecular weight excluding hydrogens is 839 g/mol. The molecule has 67 heavy (non-hydrogen) atoms. The van der Waals surface area contributed by atoms with E-state index >= 15 is 0 Å². The topological polar surface area (TPSA) is 108 Å². The molecular formula is C58H102NO8+. The summed E-state index contributed by atoms with van der Waals surface area (Å²) in [6, 6.07) is 0. The molecule has 386 valence electrons. The number of likely N-dealkylation sites (N-methyl/N-ethyl adjacent to an activating group) is 1. The van der Waals surface area contributed by atoms with Gasteiger partial charge in [-0.15, -0.1) is 0 Å². The monoisotopic (exact) mass is 941 g/mol. The Morgan fingerprint density at radius 2 is 0.896 bits per heavy atom. The van der Waals surface area contributed by atoms with Crippen LogP contribution >= 0.6 is 0 Å². The van der Waals surface area contributed by atoms with Gasteiger partial charge >= 0.3 is 17.9 Å². The number of quaternary nitrogens is 1. The number of hydrogen-bond acceptors (Lipinski definition) is 7. The first-order chi connectivity index (χ1) is 32.6. The largest absolute Gasteiger partial charge is 0.477 e. The van der Waals surface area contributed by atoms with Gasteiger partial charge in [0.15, 0.2) is 6.10 Å². The van der Waals surface area contributed by atoms with Crippen molar-refractivity contribution in [2.75, 3.05) is 47.5 Å². The van der Waals surface area contributed by atoms with Crippen molar-refractivity contribution in [3.8, 4) is 0 Å². The van der Waals surface area contributed by atoms with Gasteiger partial charge in [0.05, 0.1) is 40.8 Å². The number of allylic oxidation sites excluding steroid dienone is 11. The summed E-state index contributed by atoms with van der Waals surface area (Å²) in [5.41, 5.74) is 0. The summed E-state index contributed by atoms with van der Waals surface area (Å²) in [5, 5.41) is 9.66. The number of ether oxygens (including phenoxy) is 4. The molecule has 0 fully saturated rings. The van der Waals surface area contributed by atoms with Gasteiger partial charge in [-0.3, -0.25) is 9.59 Å². The van der Waals surface area contributed by atoms with E-state index in [0.717, 1.165) is 44.9 Å². The van der Waals surface area contributed by atoms with Crippen LogP contribution in [-0.2, 0) is 33.3 Å². The third-order valence-corrected chi connectivity index (χ3v) is 11.5. The van der Waals surface area contributed by atoms with Crippen molar-refractivity contribution in [3.05, 3.63) is 72.9 Å². The summed E-state index contributed by atoms with van der Waals surface area (Å²) >= 11 is 0. The quantitative estimate of drug-likeness (QED) is 0.0211. The molecule has 0 heterocycles. The molecule has 2 unspecified atom stereocenters. The average Bonchev–Trinajstić information content (AvgIpc) is 3.29. The van der Waals surface area contributed by atoms with Crippen molar-refractivity contribution in [1.29, 1.82) is 0 Å². The van der Waals surface area contributed by atoms with Gasteiger partial charge in [-0.25, -0.2) is 4.79 Å². The first-order valence-electron chi connectivity index (χ1n) is 27.1. The summed E-state index contributed by atoms with van der Waals surface area (Å²) in [5.74, 6) is -2.17. The molecule has 9 heteroatoms. The Hall–Kier alpha value is -3.27. The van der Waals surface area contributed by atoms with Crippen LogP contribution in [0.25, 0.3) is 0 Å². The molecule has 2 atom stereocenters. The van der Waals surface area contributed by atoms with Crippen LogP contribution in [0.1, 0.15) is 219 Å². The van der Waals surface area contributed by atoms with Gasteiger partial charge < -0.3 is 28.5 Å². The molecule has 0 amide bonds. The Labute approximate surface area is 411 Å². The second-order valence-electron chi connectivity index (χ2n) is 19.2. The van der Waals surface area contributed by atoms with E-state index in [1.165, 1.54) is 141 Å². The molecule has 0 saturated carbocycles. The summed E-state index contributed by atoms with van der Waals surface area (Å²) in [6.07, 6.45) is 60.2. The van der Waals surface area contributed by atoms with E-state index in [2.05, 4.69) is 68.5 Å². The normalized spacial score (nSPS) is 13.4. The zero-order valence-electron chi connectivity index (χ0n) is 43.8. The molecule has 0 aliphatic carbocycles. The minimum Gasteiger partial charge on any atom is -0.477 e. The van der Waals surface area contributed by atoms with E-state index in [1.807, 2.05) is 33.3 Å². The predicted octanol–water partition coefficient (Wildman–Crippen LogP) is 15.5. The fourth-order valence-electron chi connectivity index (χ4n) is 7.32. The molecule has 9 nitrogen and oxygen atoms in total. The maximum atomic E-state index is 12.7. The summed E-state index contributed by atoms with van der Waals surface area (Å²) in [6.45, 7) is 4.65. The first-order valence-corrected chi connectivity index (χ1v) is 27.1. The van der Waals surface area contributed by atoms with Crippen molar-refractivity contribution in [2.24, 2.45) is 0 Å². The maximum Gasteiger partial charge on any atom is 0.361 e. The number of carboxylic acids is 1. The van der Waals surface area contributed by atoms with Crippen molar-refractivity contribution in [2.45, 2.75) is 232 Å². The van der Waals surface area contributed by atoms with E-state index in [9.17, 15) is 19.5 Å². The minimum atomic E-state index is -1.54. The van der Waals surface area contributed by atoms with Crippen LogP contribution < -0.4 is 0 Å². The fraction of sp³-hybridized carbons (Fsp3) is 0.741. The molecule has 0 radical (unpaired) electrons. The van der Waals surface area contributed by atoms with Gasteiger partial charge in [0, 0.05) is 6.42 Å². The van der Waals surface area contributed by atoms with Crippen molar-refractivity contribution in [1.82, 2.24) is 0 Å². The number of hydrogen-bond donors (Lipinski definition) is 1. The highest BCUT2D eigenvalue weighted by molar-refractivity contribution is 5.72. The van der Waals surface area contributed by atoms with Crippen LogP contribution in [0.15, 0.2) is 72.9 Å². The van der Waals surface area contributed by atoms with Crippen molar-refractivity contribution < 1.29 is 42.9 Å². The average molecular weight is 941 g/mol. The Balaban J connectivity index is 4.27. The Morgan fingerprint density at radius 3 is 1.33 bits per heavy atom. The fourth-order valence-corrected chi connectivity index (χ4v) is 7.32. The van der Waals surface area contributed by atoms with Gasteiger partial charge in [-0.05, 0) is 64.2 Å². The highest BCUT2D eigenvalue weighted by atomic mass is 16.7. The number of aliphatic carboxylic acids is 1. The molecule has 0 bridgehead atoms. The molecule has 0 aliphatic rings. The van der Waals surface area contributed by atoms with Crippen LogP contribution in [-0.4, -0.2) is 87.4 Å². The van der Waals surface area contributed by atoms with Gasteiger partial charge in [-0.2, -0.15) is 0 Å². The molecule has 1 N–H and O–H groups in total. The van der Waals surface area contributed by atoms with Gasteiger partial charge in [0.2, 0.25) is 0 Å². The molecule has 0 aromatic rings. The second-order valence-corrected chi connectivity index (χ2v) is 19.2. The van der Waals surface area contributed by atoms with Crippen molar-refractivity contribution in [3.63, 3.8) is 0 Å². The lowest BCUT2D eigenvalue weighted by molar-refractivity contribution is -0.870. The summed E-state index contributed by atoms with van der Waals surface area (Å²) < 4.78 is 22.7. The number of esters is 2. The SMILES string of the molecule is CC/C=C\C/C=C\C/C=C\C/C=C\C/C=C\CC(=O)OC(COC(=O)CCCCCCCCCCCCCCCCC/C=C\CCCCCCCCCC)COC(OCC[N+](C)(C)C)C(=O)O. The third kappa shape index (κ3) is 50.4. The minimum absolute atomic E-state index is 0.0262. The number of unbranched alkanes of at least 4 members (excludes halogenated alkanes) is 23. The lowest BCUT2D eigenvalue weighted by Crippen LogP contribution is -2.40. The zero-order chi connectivity index (χ0) is 49.2. The molecule has 0 aliphatic heterocycles. The van der Waals surface area contributed by atoms with Crippen LogP contribution in [0.5, 0.6) is 0 Å².